The molecule has 1 atom stereocenters. The molecule has 0 saturated carbocycles. The van der Waals surface area contributed by atoms with Crippen LogP contribution in [0.25, 0.3) is 0 Å². The number of nitrogens with one attached hydrogen (secondary N) is 1. The number of thiophene rings is 1. The summed E-state index contributed by atoms with van der Waals surface area (Å²) in [5.74, 6) is -0.461. The van der Waals surface area contributed by atoms with Crippen LogP contribution in [0, 0.1) is 5.92 Å². The molecule has 2 amide bonds. The number of benzene rings is 1. The zero-order valence-corrected chi connectivity index (χ0v) is 18.4. The van der Waals surface area contributed by atoms with E-state index in [1.807, 2.05) is 0 Å². The normalized spacial score (nSPS) is 19.4. The second-order valence-corrected chi connectivity index (χ2v) is 11.1. The van der Waals surface area contributed by atoms with Crippen LogP contribution in [-0.2, 0) is 22.9 Å². The highest BCUT2D eigenvalue weighted by molar-refractivity contribution is 7.89. The zero-order chi connectivity index (χ0) is 21.5. The van der Waals surface area contributed by atoms with Crippen LogP contribution in [0.2, 0.25) is 0 Å². The largest absolute Gasteiger partial charge is 0.365 e. The van der Waals surface area contributed by atoms with Crippen LogP contribution in [0.4, 0.5) is 5.00 Å². The van der Waals surface area contributed by atoms with Gasteiger partial charge in [0, 0.05) is 23.5 Å². The average Bonchev–Trinajstić information content (AvgIpc) is 3.36. The number of amides is 2. The van der Waals surface area contributed by atoms with Gasteiger partial charge in [-0.3, -0.25) is 9.59 Å². The van der Waals surface area contributed by atoms with E-state index in [-0.39, 0.29) is 4.90 Å². The standard InChI is InChI=1S/C21H25N3O4S2/c1-13-4-9-17-16(12-13)18(19(22)25)21(29-17)23-20(26)14-5-7-15(8-6-14)30(27,28)24-10-2-3-11-24/h5-8,13H,2-4,9-12H2,1H3,(H2,22,25)(H,23,26). The van der Waals surface area contributed by atoms with E-state index in [0.29, 0.717) is 35.1 Å². The van der Waals surface area contributed by atoms with Crippen LogP contribution >= 0.6 is 11.3 Å². The van der Waals surface area contributed by atoms with Gasteiger partial charge in [0.1, 0.15) is 5.00 Å². The van der Waals surface area contributed by atoms with Gasteiger partial charge in [-0.2, -0.15) is 4.31 Å². The molecule has 3 N–H and O–H groups in total. The molecule has 1 aromatic heterocycles. The first-order chi connectivity index (χ1) is 14.3. The third-order valence-electron chi connectivity index (χ3n) is 5.80. The molecule has 2 heterocycles. The molecular weight excluding hydrogens is 422 g/mol. The van der Waals surface area contributed by atoms with Crippen LogP contribution in [0.3, 0.4) is 0 Å². The Kier molecular flexibility index (Phi) is 5.69. The fraction of sp³-hybridized carbons (Fsp3) is 0.429. The predicted molar refractivity (Wildman–Crippen MR) is 116 cm³/mol. The van der Waals surface area contributed by atoms with Crippen molar-refractivity contribution in [3.8, 4) is 0 Å². The quantitative estimate of drug-likeness (QED) is 0.734. The van der Waals surface area contributed by atoms with Crippen LogP contribution < -0.4 is 11.1 Å². The summed E-state index contributed by atoms with van der Waals surface area (Å²) in [6.45, 7) is 3.20. The van der Waals surface area contributed by atoms with Crippen molar-refractivity contribution in [1.82, 2.24) is 4.31 Å². The molecule has 0 bridgehead atoms. The summed E-state index contributed by atoms with van der Waals surface area (Å²) in [5, 5.41) is 3.28. The molecule has 1 aromatic carbocycles. The minimum Gasteiger partial charge on any atom is -0.365 e. The van der Waals surface area contributed by atoms with Crippen molar-refractivity contribution in [2.24, 2.45) is 11.7 Å². The lowest BCUT2D eigenvalue weighted by Crippen LogP contribution is -2.27. The molecule has 2 aliphatic rings. The van der Waals surface area contributed by atoms with Crippen molar-refractivity contribution in [2.45, 2.75) is 43.9 Å². The molecule has 30 heavy (non-hydrogen) atoms. The van der Waals surface area contributed by atoms with Crippen molar-refractivity contribution in [3.63, 3.8) is 0 Å². The summed E-state index contributed by atoms with van der Waals surface area (Å²) in [4.78, 5) is 26.1. The Balaban J connectivity index is 1.56. The number of hydrogen-bond acceptors (Lipinski definition) is 5. The van der Waals surface area contributed by atoms with Gasteiger partial charge >= 0.3 is 0 Å². The topological polar surface area (TPSA) is 110 Å². The Morgan fingerprint density at radius 2 is 1.83 bits per heavy atom. The molecule has 1 saturated heterocycles. The van der Waals surface area contributed by atoms with E-state index >= 15 is 0 Å². The number of fused-ring (bicyclic) bond motifs is 1. The Morgan fingerprint density at radius 3 is 2.47 bits per heavy atom. The number of aryl methyl sites for hydroxylation is 1. The maximum atomic E-state index is 12.8. The van der Waals surface area contributed by atoms with Gasteiger partial charge in [0.25, 0.3) is 11.8 Å². The van der Waals surface area contributed by atoms with E-state index in [1.165, 1.54) is 39.9 Å². The summed E-state index contributed by atoms with van der Waals surface area (Å²) in [6.07, 6.45) is 4.44. The van der Waals surface area contributed by atoms with Gasteiger partial charge in [0.15, 0.2) is 0 Å². The second-order valence-electron chi connectivity index (χ2n) is 8.01. The molecule has 0 radical (unpaired) electrons. The second kappa shape index (κ2) is 8.13. The molecule has 1 aliphatic heterocycles. The van der Waals surface area contributed by atoms with Crippen LogP contribution in [0.5, 0.6) is 0 Å². The van der Waals surface area contributed by atoms with Crippen LogP contribution in [0.1, 0.15) is 57.3 Å². The van der Waals surface area contributed by atoms with Crippen LogP contribution in [-0.4, -0.2) is 37.6 Å². The molecule has 1 fully saturated rings. The molecule has 1 unspecified atom stereocenters. The number of anilines is 1. The lowest BCUT2D eigenvalue weighted by atomic mass is 9.87. The van der Waals surface area contributed by atoms with Gasteiger partial charge in [0.05, 0.1) is 10.5 Å². The Labute approximate surface area is 180 Å². The number of nitrogens with zero attached hydrogens (tertiary/aromatic N) is 1. The SMILES string of the molecule is CC1CCc2sc(NC(=O)c3ccc(S(=O)(=O)N4CCCC4)cc3)c(C(N)=O)c2C1. The number of carbonyl (C=O) groups excluding carboxylic acids is 2. The highest BCUT2D eigenvalue weighted by Gasteiger charge is 2.29. The van der Waals surface area contributed by atoms with Gasteiger partial charge in [-0.15, -0.1) is 11.3 Å². The molecule has 4 rings (SSSR count). The van der Waals surface area contributed by atoms with E-state index in [9.17, 15) is 18.0 Å². The number of hydrogen-bond donors (Lipinski definition) is 2. The fourth-order valence-corrected chi connectivity index (χ4v) is 6.90. The van der Waals surface area contributed by atoms with Gasteiger partial charge in [-0.25, -0.2) is 8.42 Å². The zero-order valence-electron chi connectivity index (χ0n) is 16.8. The number of carbonyl (C=O) groups is 2. The summed E-state index contributed by atoms with van der Waals surface area (Å²) >= 11 is 1.40. The molecular formula is C21H25N3O4S2. The van der Waals surface area contributed by atoms with E-state index < -0.39 is 21.8 Å². The van der Waals surface area contributed by atoms with Gasteiger partial charge in [-0.05, 0) is 67.9 Å². The smallest absolute Gasteiger partial charge is 0.256 e. The number of primary amides is 1. The molecule has 1 aliphatic carbocycles. The first-order valence-corrected chi connectivity index (χ1v) is 12.4. The Morgan fingerprint density at radius 1 is 1.17 bits per heavy atom. The minimum atomic E-state index is -3.52. The van der Waals surface area contributed by atoms with Crippen molar-refractivity contribution in [1.29, 1.82) is 0 Å². The first-order valence-electron chi connectivity index (χ1n) is 10.1. The predicted octanol–water partition coefficient (Wildman–Crippen LogP) is 3.01. The molecule has 160 valence electrons. The maximum absolute atomic E-state index is 12.8. The van der Waals surface area contributed by atoms with Crippen molar-refractivity contribution >= 4 is 38.2 Å². The lowest BCUT2D eigenvalue weighted by Gasteiger charge is -2.18. The number of sulfonamides is 1. The third-order valence-corrected chi connectivity index (χ3v) is 8.92. The van der Waals surface area contributed by atoms with Crippen molar-refractivity contribution < 1.29 is 18.0 Å². The highest BCUT2D eigenvalue weighted by Crippen LogP contribution is 2.39. The van der Waals surface area contributed by atoms with Crippen molar-refractivity contribution in [2.75, 3.05) is 18.4 Å². The summed E-state index contributed by atoms with van der Waals surface area (Å²) in [6, 6.07) is 5.91. The first kappa shape index (κ1) is 21.0. The van der Waals surface area contributed by atoms with Crippen LogP contribution in [0.15, 0.2) is 29.2 Å². The van der Waals surface area contributed by atoms with Gasteiger partial charge in [-0.1, -0.05) is 6.92 Å². The third kappa shape index (κ3) is 3.89. The van der Waals surface area contributed by atoms with E-state index in [2.05, 4.69) is 12.2 Å². The van der Waals surface area contributed by atoms with Gasteiger partial charge < -0.3 is 11.1 Å². The number of rotatable bonds is 5. The summed E-state index contributed by atoms with van der Waals surface area (Å²) in [5.41, 5.74) is 7.30. The molecule has 2 aromatic rings. The summed E-state index contributed by atoms with van der Waals surface area (Å²) in [7, 11) is -3.52. The monoisotopic (exact) mass is 447 g/mol. The minimum absolute atomic E-state index is 0.180. The Bertz CT molecular complexity index is 1080. The maximum Gasteiger partial charge on any atom is 0.256 e. The summed E-state index contributed by atoms with van der Waals surface area (Å²) < 4.78 is 26.8. The average molecular weight is 448 g/mol. The molecule has 7 nitrogen and oxygen atoms in total. The van der Waals surface area contributed by atoms with E-state index in [4.69, 9.17) is 5.73 Å². The van der Waals surface area contributed by atoms with Gasteiger partial charge in [0.2, 0.25) is 10.0 Å². The number of nitrogens with two attached hydrogens (primary N) is 1. The molecule has 9 heteroatoms. The van der Waals surface area contributed by atoms with E-state index in [1.54, 1.807) is 0 Å². The highest BCUT2D eigenvalue weighted by atomic mass is 32.2. The fourth-order valence-electron chi connectivity index (χ4n) is 4.14. The Hall–Kier alpha value is -2.23. The molecule has 0 spiro atoms. The lowest BCUT2D eigenvalue weighted by molar-refractivity contribution is 0.1000. The van der Waals surface area contributed by atoms with E-state index in [0.717, 1.165) is 42.5 Å². The van der Waals surface area contributed by atoms with Crippen molar-refractivity contribution in [3.05, 3.63) is 45.8 Å².